The first-order valence-electron chi connectivity index (χ1n) is 19.8. The standard InChI is InChI=1S/C42H57ClN4O12/c1-24-13-12-14-31(56-8)42(54)23-30(57-40(53)44-42)25(2)38-41(4,59-38)32(22-36(51)46(6)28-20-27(19-24)21-29(55-7)37(28)43)58-39(52)26(3)45(5)33(48)15-10-9-11-18-47-34(49)16-17-35(47)50/h12-14,16-17,20-21,25-26,30-32,38,49-50,54H,9-11,15,18-19,22-23H2,1-8H3,(H,44,53). The molecule has 0 aliphatic carbocycles. The number of rotatable bonds is 11. The zero-order valence-corrected chi connectivity index (χ0v) is 35.7. The zero-order chi connectivity index (χ0) is 43.4. The predicted octanol–water partition coefficient (Wildman–Crippen LogP) is 4.99. The molecule has 16 nitrogen and oxygen atoms in total. The van der Waals surface area contributed by atoms with Crippen LogP contribution in [-0.4, -0.2) is 119 Å². The van der Waals surface area contributed by atoms with Gasteiger partial charge in [-0.1, -0.05) is 48.7 Å². The number of fused-ring (bicyclic) bond motifs is 5. The fourth-order valence-corrected chi connectivity index (χ4v) is 8.11. The number of halogens is 1. The molecule has 4 bridgehead atoms. The van der Waals surface area contributed by atoms with E-state index in [9.17, 15) is 34.5 Å². The van der Waals surface area contributed by atoms with Gasteiger partial charge in [-0.15, -0.1) is 0 Å². The largest absolute Gasteiger partial charge is 0.495 e. The van der Waals surface area contributed by atoms with Gasteiger partial charge in [0, 0.05) is 58.6 Å². The summed E-state index contributed by atoms with van der Waals surface area (Å²) in [4.78, 5) is 56.9. The number of anilines is 1. The number of nitrogens with zero attached hydrogens (tertiary/aromatic N) is 3. The van der Waals surface area contributed by atoms with Crippen LogP contribution in [0.25, 0.3) is 0 Å². The Morgan fingerprint density at radius 3 is 2.49 bits per heavy atom. The van der Waals surface area contributed by atoms with Gasteiger partial charge in [-0.05, 0) is 57.7 Å². The van der Waals surface area contributed by atoms with Crippen molar-refractivity contribution >= 4 is 41.2 Å². The third-order valence-electron chi connectivity index (χ3n) is 11.7. The van der Waals surface area contributed by atoms with Crippen LogP contribution in [0.4, 0.5) is 10.5 Å². The van der Waals surface area contributed by atoms with Crippen LogP contribution in [0.3, 0.4) is 0 Å². The molecular weight excluding hydrogens is 788 g/mol. The molecule has 3 aliphatic rings. The number of allylic oxidation sites excluding steroid dienone is 3. The molecule has 17 heteroatoms. The van der Waals surface area contributed by atoms with Crippen molar-refractivity contribution in [3.63, 3.8) is 0 Å². The molecular formula is C42H57ClN4O12. The number of likely N-dealkylation sites (N-methyl/N-ethyl adjacent to an activating group) is 1. The van der Waals surface area contributed by atoms with E-state index in [2.05, 4.69) is 5.32 Å². The summed E-state index contributed by atoms with van der Waals surface area (Å²) in [5.41, 5.74) is -1.02. The van der Waals surface area contributed by atoms with E-state index >= 15 is 0 Å². The topological polar surface area (TPSA) is 202 Å². The van der Waals surface area contributed by atoms with Gasteiger partial charge in [0.2, 0.25) is 11.8 Å². The normalized spacial score (nSPS) is 27.8. The van der Waals surface area contributed by atoms with E-state index < -0.39 is 65.7 Å². The van der Waals surface area contributed by atoms with Gasteiger partial charge in [0.1, 0.15) is 40.7 Å². The number of ether oxygens (including phenoxy) is 5. The predicted molar refractivity (Wildman–Crippen MR) is 217 cm³/mol. The summed E-state index contributed by atoms with van der Waals surface area (Å²) in [5, 5.41) is 34.2. The van der Waals surface area contributed by atoms with Crippen LogP contribution in [0.1, 0.15) is 71.8 Å². The summed E-state index contributed by atoms with van der Waals surface area (Å²) >= 11 is 6.78. The molecule has 59 heavy (non-hydrogen) atoms. The van der Waals surface area contributed by atoms with Crippen LogP contribution in [0.5, 0.6) is 17.5 Å². The Bertz CT molecular complexity index is 1930. The lowest BCUT2D eigenvalue weighted by Crippen LogP contribution is -2.63. The van der Waals surface area contributed by atoms with E-state index in [4.69, 9.17) is 35.3 Å². The van der Waals surface area contributed by atoms with E-state index in [0.717, 1.165) is 11.1 Å². The molecule has 0 saturated carbocycles. The number of esters is 1. The number of hydrogen-bond acceptors (Lipinski definition) is 12. The lowest BCUT2D eigenvalue weighted by molar-refractivity contribution is -0.162. The number of carbonyl (C=O) groups excluding carboxylic acids is 4. The van der Waals surface area contributed by atoms with Gasteiger partial charge in [-0.3, -0.25) is 19.5 Å². The Morgan fingerprint density at radius 1 is 1.14 bits per heavy atom. The van der Waals surface area contributed by atoms with Crippen molar-refractivity contribution in [3.8, 4) is 17.5 Å². The molecule has 2 aromatic rings. The van der Waals surface area contributed by atoms with Gasteiger partial charge >= 0.3 is 12.1 Å². The van der Waals surface area contributed by atoms with Crippen LogP contribution in [0.2, 0.25) is 5.02 Å². The van der Waals surface area contributed by atoms with Crippen LogP contribution in [0, 0.1) is 5.92 Å². The monoisotopic (exact) mass is 844 g/mol. The second-order valence-electron chi connectivity index (χ2n) is 15.9. The summed E-state index contributed by atoms with van der Waals surface area (Å²) < 4.78 is 30.7. The average Bonchev–Trinajstić information content (AvgIpc) is 3.79. The minimum atomic E-state index is -1.85. The second-order valence-corrected chi connectivity index (χ2v) is 16.3. The van der Waals surface area contributed by atoms with Crippen molar-refractivity contribution in [2.45, 2.75) is 121 Å². The Morgan fingerprint density at radius 2 is 1.83 bits per heavy atom. The molecule has 5 rings (SSSR count). The van der Waals surface area contributed by atoms with Crippen molar-refractivity contribution in [1.82, 2.24) is 14.8 Å². The fourth-order valence-electron chi connectivity index (χ4n) is 7.79. The molecule has 324 valence electrons. The molecule has 2 fully saturated rings. The van der Waals surface area contributed by atoms with E-state index in [-0.39, 0.29) is 42.0 Å². The number of methoxy groups -OCH3 is 2. The van der Waals surface area contributed by atoms with E-state index in [1.807, 2.05) is 13.0 Å². The van der Waals surface area contributed by atoms with Crippen molar-refractivity contribution in [2.24, 2.45) is 5.92 Å². The maximum Gasteiger partial charge on any atom is 0.409 e. The molecule has 1 aromatic heterocycles. The van der Waals surface area contributed by atoms with Crippen molar-refractivity contribution in [3.05, 3.63) is 58.7 Å². The van der Waals surface area contributed by atoms with Gasteiger partial charge < -0.3 is 48.8 Å². The Kier molecular flexibility index (Phi) is 14.3. The SMILES string of the molecule is COc1cc2cc(c1Cl)N(C)C(=O)CC(OC(=O)C(C)N(C)C(=O)CCCCCn1c(O)ccc1O)C1(C)OC1C(C)C1CC(O)(NC(=O)O1)C(OC)C=CC=C(C)C2. The highest BCUT2D eigenvalue weighted by Gasteiger charge is 2.64. The second kappa shape index (κ2) is 18.7. The zero-order valence-electron chi connectivity index (χ0n) is 34.9. The van der Waals surface area contributed by atoms with E-state index in [0.29, 0.717) is 43.7 Å². The quantitative estimate of drug-likeness (QED) is 0.134. The Hall–Kier alpha value is -4.77. The van der Waals surface area contributed by atoms with Gasteiger partial charge in [0.25, 0.3) is 0 Å². The Labute approximate surface area is 349 Å². The molecule has 3 amide bonds. The maximum atomic E-state index is 14.2. The molecule has 3 aliphatic heterocycles. The highest BCUT2D eigenvalue weighted by Crippen LogP contribution is 2.49. The molecule has 2 saturated heterocycles. The minimum Gasteiger partial charge on any atom is -0.495 e. The van der Waals surface area contributed by atoms with Gasteiger partial charge in [-0.2, -0.15) is 0 Å². The number of benzene rings is 1. The number of alkyl carbamates (subject to hydrolysis) is 1. The lowest BCUT2D eigenvalue weighted by atomic mass is 9.83. The van der Waals surface area contributed by atoms with Crippen molar-refractivity contribution in [2.75, 3.05) is 33.2 Å². The third-order valence-corrected chi connectivity index (χ3v) is 12.1. The third kappa shape index (κ3) is 10.2. The van der Waals surface area contributed by atoms with Crippen LogP contribution in [-0.2, 0) is 46.3 Å². The molecule has 4 N–H and O–H groups in total. The Balaban J connectivity index is 1.39. The molecule has 8 unspecified atom stereocenters. The molecule has 8 atom stereocenters. The number of amides is 3. The molecule has 0 radical (unpaired) electrons. The maximum absolute atomic E-state index is 14.2. The van der Waals surface area contributed by atoms with Crippen LogP contribution < -0.4 is 15.0 Å². The number of aliphatic hydroxyl groups is 1. The number of hydrogen-bond donors (Lipinski definition) is 4. The lowest BCUT2D eigenvalue weighted by Gasteiger charge is -2.42. The summed E-state index contributed by atoms with van der Waals surface area (Å²) in [6, 6.07) is 5.33. The van der Waals surface area contributed by atoms with Crippen LogP contribution >= 0.6 is 11.6 Å². The first kappa shape index (κ1) is 45.3. The minimum absolute atomic E-state index is 0.0459. The number of aromatic nitrogens is 1. The number of epoxide rings is 1. The van der Waals surface area contributed by atoms with Gasteiger partial charge in [0.05, 0.1) is 25.3 Å². The average molecular weight is 845 g/mol. The summed E-state index contributed by atoms with van der Waals surface area (Å²) in [5.74, 6) is -1.80. The first-order valence-corrected chi connectivity index (χ1v) is 20.1. The number of aromatic hydroxyl groups is 2. The molecule has 1 aromatic carbocycles. The summed E-state index contributed by atoms with van der Waals surface area (Å²) in [6.45, 7) is 7.32. The molecule has 0 spiro atoms. The van der Waals surface area contributed by atoms with Gasteiger partial charge in [0.15, 0.2) is 17.5 Å². The van der Waals surface area contributed by atoms with Crippen molar-refractivity contribution in [1.29, 1.82) is 0 Å². The van der Waals surface area contributed by atoms with Gasteiger partial charge in [-0.25, -0.2) is 9.59 Å². The molecule has 4 heterocycles. The number of unbranched alkanes of at least 4 members (excludes halogenated alkanes) is 2. The summed E-state index contributed by atoms with van der Waals surface area (Å²) in [7, 11) is 5.97. The fraction of sp³-hybridized carbons (Fsp3) is 0.571. The summed E-state index contributed by atoms with van der Waals surface area (Å²) in [6.07, 6.45) is 2.60. The first-order chi connectivity index (χ1) is 27.8. The van der Waals surface area contributed by atoms with Crippen LogP contribution in [0.15, 0.2) is 48.1 Å². The smallest absolute Gasteiger partial charge is 0.409 e. The number of carbonyl (C=O) groups is 4. The van der Waals surface area contributed by atoms with E-state index in [1.54, 1.807) is 45.2 Å². The highest BCUT2D eigenvalue weighted by molar-refractivity contribution is 6.35. The van der Waals surface area contributed by atoms with Crippen molar-refractivity contribution < 1.29 is 58.2 Å². The number of nitrogens with one attached hydrogen (secondary N) is 1. The van der Waals surface area contributed by atoms with E-state index in [1.165, 1.54) is 54.7 Å². The highest BCUT2D eigenvalue weighted by atomic mass is 35.5.